The molecule has 60 valence electrons. The van der Waals surface area contributed by atoms with E-state index in [0.717, 1.165) is 12.5 Å². The SMILES string of the molecule is Nc1cn(CC2CCC2)nn1. The van der Waals surface area contributed by atoms with Crippen molar-refractivity contribution in [2.24, 2.45) is 5.92 Å². The number of nitrogens with zero attached hydrogens (tertiary/aromatic N) is 3. The average molecular weight is 152 g/mol. The molecule has 0 aromatic carbocycles. The molecule has 1 aliphatic rings. The highest BCUT2D eigenvalue weighted by atomic mass is 15.4. The Kier molecular flexibility index (Phi) is 1.52. The number of nitrogens with two attached hydrogens (primary N) is 1. The Morgan fingerprint density at radius 1 is 1.64 bits per heavy atom. The molecule has 0 bridgehead atoms. The van der Waals surface area contributed by atoms with E-state index in [9.17, 15) is 0 Å². The predicted molar refractivity (Wildman–Crippen MR) is 41.8 cm³/mol. The van der Waals surface area contributed by atoms with Gasteiger partial charge in [0.05, 0.1) is 6.20 Å². The molecule has 1 aromatic rings. The first-order valence-corrected chi connectivity index (χ1v) is 4.00. The van der Waals surface area contributed by atoms with Gasteiger partial charge in [0.25, 0.3) is 0 Å². The molecule has 1 aliphatic carbocycles. The molecule has 4 nitrogen and oxygen atoms in total. The summed E-state index contributed by atoms with van der Waals surface area (Å²) in [5.74, 6) is 1.33. The lowest BCUT2D eigenvalue weighted by atomic mass is 9.85. The fourth-order valence-electron chi connectivity index (χ4n) is 1.34. The van der Waals surface area contributed by atoms with Crippen LogP contribution in [0.15, 0.2) is 6.20 Å². The molecule has 0 saturated heterocycles. The van der Waals surface area contributed by atoms with Gasteiger partial charge in [-0.15, -0.1) is 5.10 Å². The fraction of sp³-hybridized carbons (Fsp3) is 0.714. The first-order chi connectivity index (χ1) is 5.34. The van der Waals surface area contributed by atoms with Gasteiger partial charge in [0, 0.05) is 6.54 Å². The van der Waals surface area contributed by atoms with E-state index in [1.807, 2.05) is 4.68 Å². The maximum atomic E-state index is 5.42. The molecule has 1 saturated carbocycles. The quantitative estimate of drug-likeness (QED) is 0.677. The summed E-state index contributed by atoms with van der Waals surface area (Å²) in [5.41, 5.74) is 5.42. The molecule has 0 radical (unpaired) electrons. The largest absolute Gasteiger partial charge is 0.381 e. The molecule has 2 rings (SSSR count). The van der Waals surface area contributed by atoms with Gasteiger partial charge in [-0.2, -0.15) is 0 Å². The van der Waals surface area contributed by atoms with Gasteiger partial charge in [-0.1, -0.05) is 11.6 Å². The van der Waals surface area contributed by atoms with Crippen LogP contribution in [0.1, 0.15) is 19.3 Å². The van der Waals surface area contributed by atoms with E-state index in [-0.39, 0.29) is 0 Å². The molecule has 2 N–H and O–H groups in total. The molecule has 4 heteroatoms. The van der Waals surface area contributed by atoms with Gasteiger partial charge in [-0.3, -0.25) is 4.68 Å². The summed E-state index contributed by atoms with van der Waals surface area (Å²) in [6.45, 7) is 0.990. The van der Waals surface area contributed by atoms with Crippen LogP contribution in [0.4, 0.5) is 5.82 Å². The molecular weight excluding hydrogens is 140 g/mol. The van der Waals surface area contributed by atoms with Crippen LogP contribution in [0.25, 0.3) is 0 Å². The highest BCUT2D eigenvalue weighted by Crippen LogP contribution is 2.27. The van der Waals surface area contributed by atoms with Crippen LogP contribution >= 0.6 is 0 Å². The van der Waals surface area contributed by atoms with Gasteiger partial charge in [0.15, 0.2) is 5.82 Å². The second kappa shape index (κ2) is 2.53. The molecule has 0 aliphatic heterocycles. The van der Waals surface area contributed by atoms with E-state index in [2.05, 4.69) is 10.3 Å². The fourth-order valence-corrected chi connectivity index (χ4v) is 1.34. The molecule has 1 fully saturated rings. The minimum absolute atomic E-state index is 0.518. The van der Waals surface area contributed by atoms with Crippen molar-refractivity contribution in [3.05, 3.63) is 6.20 Å². The second-order valence-electron chi connectivity index (χ2n) is 3.16. The molecule has 0 atom stereocenters. The van der Waals surface area contributed by atoms with Gasteiger partial charge >= 0.3 is 0 Å². The van der Waals surface area contributed by atoms with Gasteiger partial charge in [-0.25, -0.2) is 0 Å². The zero-order valence-electron chi connectivity index (χ0n) is 6.40. The van der Waals surface area contributed by atoms with E-state index in [4.69, 9.17) is 5.73 Å². The zero-order chi connectivity index (χ0) is 7.68. The Bertz CT molecular complexity index is 238. The van der Waals surface area contributed by atoms with Crippen LogP contribution in [-0.4, -0.2) is 15.0 Å². The monoisotopic (exact) mass is 152 g/mol. The summed E-state index contributed by atoms with van der Waals surface area (Å²) >= 11 is 0. The van der Waals surface area contributed by atoms with E-state index in [1.165, 1.54) is 19.3 Å². The van der Waals surface area contributed by atoms with Crippen LogP contribution < -0.4 is 5.73 Å². The summed E-state index contributed by atoms with van der Waals surface area (Å²) in [6.07, 6.45) is 5.83. The molecular formula is C7H12N4. The molecule has 1 aromatic heterocycles. The molecule has 0 unspecified atom stereocenters. The van der Waals surface area contributed by atoms with Crippen molar-refractivity contribution in [3.63, 3.8) is 0 Å². The molecule has 0 amide bonds. The Labute approximate surface area is 65.4 Å². The highest BCUT2D eigenvalue weighted by Gasteiger charge is 2.17. The Morgan fingerprint density at radius 2 is 2.45 bits per heavy atom. The number of aromatic nitrogens is 3. The minimum Gasteiger partial charge on any atom is -0.381 e. The first kappa shape index (κ1) is 6.64. The van der Waals surface area contributed by atoms with Crippen LogP contribution in [0.3, 0.4) is 0 Å². The van der Waals surface area contributed by atoms with E-state index in [1.54, 1.807) is 6.20 Å². The van der Waals surface area contributed by atoms with Gasteiger partial charge < -0.3 is 5.73 Å². The van der Waals surface area contributed by atoms with Crippen molar-refractivity contribution < 1.29 is 0 Å². The third kappa shape index (κ3) is 1.34. The summed E-state index contributed by atoms with van der Waals surface area (Å²) in [5, 5.41) is 7.60. The smallest absolute Gasteiger partial charge is 0.165 e. The predicted octanol–water partition coefficient (Wildman–Crippen LogP) is 0.660. The molecule has 1 heterocycles. The lowest BCUT2D eigenvalue weighted by molar-refractivity contribution is 0.264. The zero-order valence-corrected chi connectivity index (χ0v) is 6.40. The van der Waals surface area contributed by atoms with Gasteiger partial charge in [0.1, 0.15) is 0 Å². The Hall–Kier alpha value is -1.06. The third-order valence-electron chi connectivity index (χ3n) is 2.23. The van der Waals surface area contributed by atoms with Gasteiger partial charge in [-0.05, 0) is 18.8 Å². The number of hydrogen-bond donors (Lipinski definition) is 1. The summed E-state index contributed by atoms with van der Waals surface area (Å²) in [7, 11) is 0. The topological polar surface area (TPSA) is 56.7 Å². The van der Waals surface area contributed by atoms with Gasteiger partial charge in [0.2, 0.25) is 0 Å². The Morgan fingerprint density at radius 3 is 2.91 bits per heavy atom. The summed E-state index contributed by atoms with van der Waals surface area (Å²) < 4.78 is 1.83. The van der Waals surface area contributed by atoms with Crippen molar-refractivity contribution >= 4 is 5.82 Å². The van der Waals surface area contributed by atoms with Crippen LogP contribution in [0.2, 0.25) is 0 Å². The van der Waals surface area contributed by atoms with Crippen LogP contribution in [0, 0.1) is 5.92 Å². The Balaban J connectivity index is 1.95. The van der Waals surface area contributed by atoms with Crippen LogP contribution in [-0.2, 0) is 6.54 Å². The first-order valence-electron chi connectivity index (χ1n) is 4.00. The third-order valence-corrected chi connectivity index (χ3v) is 2.23. The number of anilines is 1. The van der Waals surface area contributed by atoms with Crippen molar-refractivity contribution in [3.8, 4) is 0 Å². The van der Waals surface area contributed by atoms with Crippen LogP contribution in [0.5, 0.6) is 0 Å². The number of hydrogen-bond acceptors (Lipinski definition) is 3. The van der Waals surface area contributed by atoms with Crippen molar-refractivity contribution in [2.75, 3.05) is 5.73 Å². The normalized spacial score (nSPS) is 18.2. The lowest BCUT2D eigenvalue weighted by Crippen LogP contribution is -2.18. The van der Waals surface area contributed by atoms with E-state index >= 15 is 0 Å². The average Bonchev–Trinajstić information content (AvgIpc) is 2.27. The standard InChI is InChI=1S/C7H12N4/c8-7-5-11(10-9-7)4-6-2-1-3-6/h5-6H,1-4,8H2. The molecule has 11 heavy (non-hydrogen) atoms. The van der Waals surface area contributed by atoms with E-state index < -0.39 is 0 Å². The van der Waals surface area contributed by atoms with E-state index in [0.29, 0.717) is 5.82 Å². The number of nitrogen functional groups attached to an aromatic ring is 1. The molecule has 0 spiro atoms. The maximum Gasteiger partial charge on any atom is 0.165 e. The maximum absolute atomic E-state index is 5.42. The highest BCUT2D eigenvalue weighted by molar-refractivity contribution is 5.19. The second-order valence-corrected chi connectivity index (χ2v) is 3.16. The minimum atomic E-state index is 0.518. The summed E-state index contributed by atoms with van der Waals surface area (Å²) in [4.78, 5) is 0. The number of rotatable bonds is 2. The van der Waals surface area contributed by atoms with Crippen molar-refractivity contribution in [2.45, 2.75) is 25.8 Å². The van der Waals surface area contributed by atoms with Crippen molar-refractivity contribution in [1.29, 1.82) is 0 Å². The van der Waals surface area contributed by atoms with Crippen molar-refractivity contribution in [1.82, 2.24) is 15.0 Å². The summed E-state index contributed by atoms with van der Waals surface area (Å²) in [6, 6.07) is 0. The lowest BCUT2D eigenvalue weighted by Gasteiger charge is -2.24.